The number of ether oxygens (including phenoxy) is 1. The third-order valence-electron chi connectivity index (χ3n) is 5.12. The van der Waals surface area contributed by atoms with Crippen LogP contribution in [-0.4, -0.2) is 31.4 Å². The molecule has 0 aromatic rings. The van der Waals surface area contributed by atoms with Gasteiger partial charge in [0.15, 0.2) is 5.11 Å². The number of methoxy groups -OCH3 is 1. The largest absolute Gasteiger partial charge is 0.383 e. The molecule has 0 amide bonds. The molecular weight excluding hydrogens is 244 g/mol. The molecule has 4 bridgehead atoms. The molecule has 18 heavy (non-hydrogen) atoms. The van der Waals surface area contributed by atoms with Crippen molar-refractivity contribution in [1.29, 1.82) is 0 Å². The summed E-state index contributed by atoms with van der Waals surface area (Å²) < 4.78 is 5.03. The zero-order chi connectivity index (χ0) is 12.5. The van der Waals surface area contributed by atoms with E-state index in [1.54, 1.807) is 7.11 Å². The van der Waals surface area contributed by atoms with E-state index in [1.165, 1.54) is 32.1 Å². The fourth-order valence-corrected chi connectivity index (χ4v) is 4.87. The molecule has 0 spiro atoms. The summed E-state index contributed by atoms with van der Waals surface area (Å²) in [6.45, 7) is 1.51. The molecule has 4 aliphatic rings. The van der Waals surface area contributed by atoms with Crippen LogP contribution in [0.2, 0.25) is 0 Å². The Morgan fingerprint density at radius 2 is 1.72 bits per heavy atom. The van der Waals surface area contributed by atoms with Gasteiger partial charge in [0, 0.05) is 19.7 Å². The van der Waals surface area contributed by atoms with E-state index >= 15 is 0 Å². The van der Waals surface area contributed by atoms with Crippen LogP contribution >= 0.6 is 12.2 Å². The lowest BCUT2D eigenvalue weighted by molar-refractivity contribution is -0.00695. The second-order valence-corrected chi connectivity index (χ2v) is 6.76. The second-order valence-electron chi connectivity index (χ2n) is 6.35. The first-order chi connectivity index (χ1) is 8.76. The van der Waals surface area contributed by atoms with E-state index in [0.29, 0.717) is 12.6 Å². The smallest absolute Gasteiger partial charge is 0.166 e. The summed E-state index contributed by atoms with van der Waals surface area (Å²) in [5, 5.41) is 7.65. The zero-order valence-electron chi connectivity index (χ0n) is 11.2. The molecule has 4 aliphatic carbocycles. The molecule has 0 unspecified atom stereocenters. The van der Waals surface area contributed by atoms with Crippen LogP contribution in [0.15, 0.2) is 0 Å². The summed E-state index contributed by atoms with van der Waals surface area (Å²) in [6.07, 6.45) is 7.25. The Hall–Kier alpha value is -0.350. The first kappa shape index (κ1) is 12.7. The van der Waals surface area contributed by atoms with Gasteiger partial charge in [0.2, 0.25) is 0 Å². The Kier molecular flexibility index (Phi) is 3.76. The summed E-state index contributed by atoms with van der Waals surface area (Å²) in [7, 11) is 1.72. The first-order valence-corrected chi connectivity index (χ1v) is 7.70. The Labute approximate surface area is 115 Å². The van der Waals surface area contributed by atoms with Crippen molar-refractivity contribution >= 4 is 17.3 Å². The maximum Gasteiger partial charge on any atom is 0.166 e. The third kappa shape index (κ3) is 2.50. The molecule has 4 saturated carbocycles. The zero-order valence-corrected chi connectivity index (χ0v) is 12.0. The van der Waals surface area contributed by atoms with Crippen LogP contribution in [0.4, 0.5) is 0 Å². The van der Waals surface area contributed by atoms with Crippen molar-refractivity contribution in [3.63, 3.8) is 0 Å². The van der Waals surface area contributed by atoms with Crippen molar-refractivity contribution in [3.05, 3.63) is 0 Å². The fourth-order valence-electron chi connectivity index (χ4n) is 4.63. The molecule has 4 fully saturated rings. The molecule has 0 aromatic heterocycles. The fraction of sp³-hybridized carbons (Fsp3) is 0.929. The van der Waals surface area contributed by atoms with Gasteiger partial charge in [-0.3, -0.25) is 0 Å². The van der Waals surface area contributed by atoms with Crippen molar-refractivity contribution in [1.82, 2.24) is 10.6 Å². The van der Waals surface area contributed by atoms with Crippen LogP contribution in [0.1, 0.15) is 32.1 Å². The monoisotopic (exact) mass is 268 g/mol. The van der Waals surface area contributed by atoms with Gasteiger partial charge in [-0.05, 0) is 68.0 Å². The first-order valence-electron chi connectivity index (χ1n) is 7.29. The predicted molar refractivity (Wildman–Crippen MR) is 76.4 cm³/mol. The second kappa shape index (κ2) is 5.33. The summed E-state index contributed by atoms with van der Waals surface area (Å²) in [5.41, 5.74) is 0. The number of hydrogen-bond acceptors (Lipinski definition) is 2. The maximum atomic E-state index is 5.39. The van der Waals surface area contributed by atoms with Crippen LogP contribution < -0.4 is 10.6 Å². The summed E-state index contributed by atoms with van der Waals surface area (Å²) in [4.78, 5) is 0. The number of rotatable bonds is 4. The SMILES string of the molecule is COCCNC(=S)NC1C2CC3CC(C2)CC1C3. The van der Waals surface area contributed by atoms with E-state index in [0.717, 1.165) is 35.3 Å². The lowest BCUT2D eigenvalue weighted by Gasteiger charge is -2.54. The van der Waals surface area contributed by atoms with E-state index < -0.39 is 0 Å². The van der Waals surface area contributed by atoms with Gasteiger partial charge in [-0.15, -0.1) is 0 Å². The average Bonchev–Trinajstić information content (AvgIpc) is 2.33. The Morgan fingerprint density at radius 3 is 2.28 bits per heavy atom. The highest BCUT2D eigenvalue weighted by Gasteiger charge is 2.48. The van der Waals surface area contributed by atoms with Gasteiger partial charge in [-0.25, -0.2) is 0 Å². The van der Waals surface area contributed by atoms with Crippen LogP contribution in [0.3, 0.4) is 0 Å². The minimum atomic E-state index is 0.639. The third-order valence-corrected chi connectivity index (χ3v) is 5.38. The molecule has 0 heterocycles. The minimum Gasteiger partial charge on any atom is -0.383 e. The van der Waals surface area contributed by atoms with Crippen LogP contribution in [0.25, 0.3) is 0 Å². The molecule has 2 N–H and O–H groups in total. The van der Waals surface area contributed by atoms with Gasteiger partial charge in [0.25, 0.3) is 0 Å². The van der Waals surface area contributed by atoms with Gasteiger partial charge < -0.3 is 15.4 Å². The quantitative estimate of drug-likeness (QED) is 0.603. The van der Waals surface area contributed by atoms with Crippen molar-refractivity contribution in [2.75, 3.05) is 20.3 Å². The topological polar surface area (TPSA) is 33.3 Å². The highest BCUT2D eigenvalue weighted by Crippen LogP contribution is 2.53. The number of thiocarbonyl (C=S) groups is 1. The summed E-state index contributed by atoms with van der Waals surface area (Å²) in [5.74, 6) is 3.81. The molecule has 102 valence electrons. The standard InChI is InChI=1S/C14H24N2OS/c1-17-3-2-15-14(18)16-13-11-5-9-4-10(7-11)8-12(13)6-9/h9-13H,2-8H2,1H3,(H2,15,16,18). The summed E-state index contributed by atoms with van der Waals surface area (Å²) in [6, 6.07) is 0.639. The maximum absolute atomic E-state index is 5.39. The molecule has 0 aromatic carbocycles. The molecule has 4 rings (SSSR count). The normalized spacial score (nSPS) is 40.8. The molecule has 0 radical (unpaired) electrons. The van der Waals surface area contributed by atoms with Crippen LogP contribution in [-0.2, 0) is 4.74 Å². The minimum absolute atomic E-state index is 0.639. The van der Waals surface area contributed by atoms with Gasteiger partial charge in [-0.1, -0.05) is 0 Å². The number of nitrogens with one attached hydrogen (secondary N) is 2. The summed E-state index contributed by atoms with van der Waals surface area (Å²) >= 11 is 5.39. The van der Waals surface area contributed by atoms with E-state index in [1.807, 2.05) is 0 Å². The van der Waals surface area contributed by atoms with E-state index in [4.69, 9.17) is 17.0 Å². The van der Waals surface area contributed by atoms with Gasteiger partial charge in [0.1, 0.15) is 0 Å². The van der Waals surface area contributed by atoms with Crippen molar-refractivity contribution in [3.8, 4) is 0 Å². The Morgan fingerprint density at radius 1 is 1.11 bits per heavy atom. The highest BCUT2D eigenvalue weighted by atomic mass is 32.1. The molecule has 0 saturated heterocycles. The van der Waals surface area contributed by atoms with Gasteiger partial charge in [-0.2, -0.15) is 0 Å². The van der Waals surface area contributed by atoms with E-state index in [2.05, 4.69) is 10.6 Å². The van der Waals surface area contributed by atoms with Gasteiger partial charge >= 0.3 is 0 Å². The van der Waals surface area contributed by atoms with Crippen LogP contribution in [0.5, 0.6) is 0 Å². The molecular formula is C14H24N2OS. The van der Waals surface area contributed by atoms with Crippen LogP contribution in [0, 0.1) is 23.7 Å². The Bertz CT molecular complexity index is 293. The van der Waals surface area contributed by atoms with Crippen molar-refractivity contribution in [2.24, 2.45) is 23.7 Å². The van der Waals surface area contributed by atoms with E-state index in [-0.39, 0.29) is 0 Å². The van der Waals surface area contributed by atoms with Crippen molar-refractivity contribution in [2.45, 2.75) is 38.1 Å². The van der Waals surface area contributed by atoms with Gasteiger partial charge in [0.05, 0.1) is 6.61 Å². The Balaban J connectivity index is 1.52. The predicted octanol–water partition coefficient (Wildman–Crippen LogP) is 1.92. The average molecular weight is 268 g/mol. The lowest BCUT2D eigenvalue weighted by atomic mass is 9.54. The van der Waals surface area contributed by atoms with E-state index in [9.17, 15) is 0 Å². The molecule has 3 nitrogen and oxygen atoms in total. The highest BCUT2D eigenvalue weighted by molar-refractivity contribution is 7.80. The molecule has 0 aliphatic heterocycles. The van der Waals surface area contributed by atoms with Crippen molar-refractivity contribution < 1.29 is 4.74 Å². The lowest BCUT2D eigenvalue weighted by Crippen LogP contribution is -2.57. The molecule has 4 heteroatoms. The molecule has 0 atom stereocenters. The number of hydrogen-bond donors (Lipinski definition) is 2.